The molecule has 1 saturated heterocycles. The summed E-state index contributed by atoms with van der Waals surface area (Å²) >= 11 is 0. The molecule has 1 fully saturated rings. The molecule has 0 radical (unpaired) electrons. The summed E-state index contributed by atoms with van der Waals surface area (Å²) in [5, 5.41) is 3.56. The number of piperidine rings is 1. The smallest absolute Gasteiger partial charge is 0.211 e. The SMILES string of the molecule is COc1ccc(C)cc1CN[C@@H]1CCN(S(C)(=O)=O)C[C@@H]1C. The molecule has 1 heterocycles. The summed E-state index contributed by atoms with van der Waals surface area (Å²) in [5.41, 5.74) is 2.35. The molecule has 0 aromatic heterocycles. The second-order valence-corrected chi connectivity index (χ2v) is 8.17. The molecule has 0 spiro atoms. The predicted octanol–water partition coefficient (Wildman–Crippen LogP) is 1.76. The van der Waals surface area contributed by atoms with Gasteiger partial charge >= 0.3 is 0 Å². The van der Waals surface area contributed by atoms with E-state index in [1.807, 2.05) is 12.1 Å². The molecule has 1 aliphatic rings. The highest BCUT2D eigenvalue weighted by atomic mass is 32.2. The van der Waals surface area contributed by atoms with Crippen molar-refractivity contribution in [1.29, 1.82) is 0 Å². The fourth-order valence-corrected chi connectivity index (χ4v) is 3.94. The van der Waals surface area contributed by atoms with Crippen LogP contribution >= 0.6 is 0 Å². The lowest BCUT2D eigenvalue weighted by Crippen LogP contribution is -2.49. The normalized spacial score (nSPS) is 23.5. The molecule has 1 aliphatic heterocycles. The van der Waals surface area contributed by atoms with Crippen LogP contribution in [-0.2, 0) is 16.6 Å². The van der Waals surface area contributed by atoms with Gasteiger partial charge in [0.1, 0.15) is 5.75 Å². The lowest BCUT2D eigenvalue weighted by atomic mass is 9.95. The first-order chi connectivity index (χ1) is 10.3. The zero-order chi connectivity index (χ0) is 16.3. The Morgan fingerprint density at radius 2 is 2.14 bits per heavy atom. The summed E-state index contributed by atoms with van der Waals surface area (Å²) in [4.78, 5) is 0. The molecule has 1 aromatic rings. The summed E-state index contributed by atoms with van der Waals surface area (Å²) in [7, 11) is -1.40. The Bertz CT molecular complexity index is 616. The van der Waals surface area contributed by atoms with Crippen molar-refractivity contribution in [1.82, 2.24) is 9.62 Å². The molecule has 1 aromatic carbocycles. The van der Waals surface area contributed by atoms with Gasteiger partial charge < -0.3 is 10.1 Å². The van der Waals surface area contributed by atoms with E-state index < -0.39 is 10.0 Å². The summed E-state index contributed by atoms with van der Waals surface area (Å²) in [6.45, 7) is 6.07. The minimum atomic E-state index is -3.08. The molecule has 2 atom stereocenters. The van der Waals surface area contributed by atoms with Crippen LogP contribution < -0.4 is 10.1 Å². The van der Waals surface area contributed by atoms with Crippen LogP contribution in [0.25, 0.3) is 0 Å². The molecule has 2 rings (SSSR count). The fourth-order valence-electron chi connectivity index (χ4n) is 3.00. The monoisotopic (exact) mass is 326 g/mol. The number of nitrogens with one attached hydrogen (secondary N) is 1. The molecule has 0 amide bonds. The van der Waals surface area contributed by atoms with Crippen LogP contribution in [0.3, 0.4) is 0 Å². The second-order valence-electron chi connectivity index (χ2n) is 6.19. The Morgan fingerprint density at radius 1 is 1.41 bits per heavy atom. The maximum atomic E-state index is 11.6. The molecule has 5 nitrogen and oxygen atoms in total. The first kappa shape index (κ1) is 17.2. The zero-order valence-corrected chi connectivity index (χ0v) is 14.6. The Morgan fingerprint density at radius 3 is 2.73 bits per heavy atom. The maximum absolute atomic E-state index is 11.6. The third-order valence-electron chi connectivity index (χ3n) is 4.33. The highest BCUT2D eigenvalue weighted by Crippen LogP contribution is 2.22. The van der Waals surface area contributed by atoms with Gasteiger partial charge in [0.2, 0.25) is 10.0 Å². The van der Waals surface area contributed by atoms with Gasteiger partial charge in [-0.25, -0.2) is 12.7 Å². The summed E-state index contributed by atoms with van der Waals surface area (Å²) < 4.78 is 30.2. The average Bonchev–Trinajstić information content (AvgIpc) is 2.45. The quantitative estimate of drug-likeness (QED) is 0.896. The summed E-state index contributed by atoms with van der Waals surface area (Å²) in [6, 6.07) is 6.47. The largest absolute Gasteiger partial charge is 0.496 e. The van der Waals surface area contributed by atoms with Crippen LogP contribution in [0.4, 0.5) is 0 Å². The molecule has 0 unspecified atom stereocenters. The highest BCUT2D eigenvalue weighted by Gasteiger charge is 2.30. The van der Waals surface area contributed by atoms with E-state index in [2.05, 4.69) is 25.2 Å². The van der Waals surface area contributed by atoms with Crippen molar-refractivity contribution < 1.29 is 13.2 Å². The number of rotatable bonds is 5. The number of hydrogen-bond acceptors (Lipinski definition) is 4. The van der Waals surface area contributed by atoms with Gasteiger partial charge in [-0.1, -0.05) is 24.6 Å². The standard InChI is InChI=1S/C16H26N2O3S/c1-12-5-6-16(21-3)14(9-12)10-17-15-7-8-18(11-13(15)2)22(4,19)20/h5-6,9,13,15,17H,7-8,10-11H2,1-4H3/t13-,15+/m0/s1. The van der Waals surface area contributed by atoms with Gasteiger partial charge in [0.05, 0.1) is 13.4 Å². The van der Waals surface area contributed by atoms with Crippen LogP contribution in [-0.4, -0.2) is 45.2 Å². The lowest BCUT2D eigenvalue weighted by molar-refractivity contribution is 0.219. The van der Waals surface area contributed by atoms with E-state index in [-0.39, 0.29) is 0 Å². The first-order valence-corrected chi connectivity index (χ1v) is 9.48. The Balaban J connectivity index is 1.97. The molecule has 124 valence electrons. The van der Waals surface area contributed by atoms with E-state index in [1.54, 1.807) is 11.4 Å². The number of benzene rings is 1. The van der Waals surface area contributed by atoms with E-state index in [4.69, 9.17) is 4.74 Å². The third-order valence-corrected chi connectivity index (χ3v) is 5.60. The number of nitrogens with zero attached hydrogens (tertiary/aromatic N) is 1. The number of sulfonamides is 1. The van der Waals surface area contributed by atoms with E-state index in [0.29, 0.717) is 25.0 Å². The molecule has 22 heavy (non-hydrogen) atoms. The second kappa shape index (κ2) is 6.98. The van der Waals surface area contributed by atoms with Crippen LogP contribution in [0.1, 0.15) is 24.5 Å². The van der Waals surface area contributed by atoms with Gasteiger partial charge in [-0.15, -0.1) is 0 Å². The van der Waals surface area contributed by atoms with Gasteiger partial charge in [-0.05, 0) is 25.3 Å². The van der Waals surface area contributed by atoms with Crippen molar-refractivity contribution in [2.45, 2.75) is 32.9 Å². The Hall–Kier alpha value is -1.11. The van der Waals surface area contributed by atoms with Crippen molar-refractivity contribution in [3.8, 4) is 5.75 Å². The molecular weight excluding hydrogens is 300 g/mol. The van der Waals surface area contributed by atoms with E-state index in [1.165, 1.54) is 11.8 Å². The molecule has 0 aliphatic carbocycles. The highest BCUT2D eigenvalue weighted by molar-refractivity contribution is 7.88. The molecule has 1 N–H and O–H groups in total. The minimum absolute atomic E-state index is 0.291. The number of ether oxygens (including phenoxy) is 1. The molecule has 0 saturated carbocycles. The van der Waals surface area contributed by atoms with Gasteiger partial charge in [0, 0.05) is 31.2 Å². The predicted molar refractivity (Wildman–Crippen MR) is 88.6 cm³/mol. The molecular formula is C16H26N2O3S. The van der Waals surface area contributed by atoms with E-state index in [9.17, 15) is 8.42 Å². The topological polar surface area (TPSA) is 58.6 Å². The third kappa shape index (κ3) is 4.21. The van der Waals surface area contributed by atoms with Gasteiger partial charge in [-0.2, -0.15) is 0 Å². The Labute approximate surface area is 133 Å². The summed E-state index contributed by atoms with van der Waals surface area (Å²) in [5.74, 6) is 1.18. The Kier molecular flexibility index (Phi) is 5.47. The molecule has 6 heteroatoms. The number of aryl methyl sites for hydroxylation is 1. The maximum Gasteiger partial charge on any atom is 0.211 e. The lowest BCUT2D eigenvalue weighted by Gasteiger charge is -2.36. The van der Waals surface area contributed by atoms with E-state index >= 15 is 0 Å². The molecule has 0 bridgehead atoms. The summed E-state index contributed by atoms with van der Waals surface area (Å²) in [6.07, 6.45) is 2.12. The van der Waals surface area contributed by atoms with Crippen molar-refractivity contribution in [3.63, 3.8) is 0 Å². The van der Waals surface area contributed by atoms with Crippen LogP contribution in [0.2, 0.25) is 0 Å². The van der Waals surface area contributed by atoms with Crippen molar-refractivity contribution in [2.24, 2.45) is 5.92 Å². The first-order valence-electron chi connectivity index (χ1n) is 7.63. The zero-order valence-electron chi connectivity index (χ0n) is 13.8. The van der Waals surface area contributed by atoms with Crippen LogP contribution in [0.15, 0.2) is 18.2 Å². The minimum Gasteiger partial charge on any atom is -0.496 e. The van der Waals surface area contributed by atoms with Crippen LogP contribution in [0.5, 0.6) is 5.75 Å². The van der Waals surface area contributed by atoms with Crippen molar-refractivity contribution >= 4 is 10.0 Å². The van der Waals surface area contributed by atoms with E-state index in [0.717, 1.165) is 24.3 Å². The average molecular weight is 326 g/mol. The van der Waals surface area contributed by atoms with Crippen LogP contribution in [0, 0.1) is 12.8 Å². The van der Waals surface area contributed by atoms with Gasteiger partial charge in [0.15, 0.2) is 0 Å². The van der Waals surface area contributed by atoms with Crippen molar-refractivity contribution in [3.05, 3.63) is 29.3 Å². The number of methoxy groups -OCH3 is 1. The number of hydrogen-bond donors (Lipinski definition) is 1. The fraction of sp³-hybridized carbons (Fsp3) is 0.625. The van der Waals surface area contributed by atoms with Crippen molar-refractivity contribution in [2.75, 3.05) is 26.5 Å². The van der Waals surface area contributed by atoms with Gasteiger partial charge in [0.25, 0.3) is 0 Å². The van der Waals surface area contributed by atoms with Gasteiger partial charge in [-0.3, -0.25) is 0 Å².